The Bertz CT molecular complexity index is 375. The normalized spacial score (nSPS) is 9.27. The van der Waals surface area contributed by atoms with Crippen LogP contribution in [0.1, 0.15) is 5.56 Å². The first-order chi connectivity index (χ1) is 7.22. The number of hydrogen-bond donors (Lipinski definition) is 0. The quantitative estimate of drug-likeness (QED) is 0.624. The van der Waals surface area contributed by atoms with Crippen molar-refractivity contribution in [3.63, 3.8) is 0 Å². The van der Waals surface area contributed by atoms with Gasteiger partial charge in [-0.2, -0.15) is 0 Å². The minimum Gasteiger partial charge on any atom is -0.496 e. The molecule has 15 heavy (non-hydrogen) atoms. The highest BCUT2D eigenvalue weighted by Gasteiger charge is 2.10. The Balaban J connectivity index is 3.23. The zero-order valence-electron chi connectivity index (χ0n) is 8.41. The highest BCUT2D eigenvalue weighted by molar-refractivity contribution is 9.10. The van der Waals surface area contributed by atoms with Crippen molar-refractivity contribution in [1.29, 1.82) is 0 Å². The molecule has 80 valence electrons. The molecule has 0 atom stereocenters. The molecule has 0 saturated heterocycles. The molecule has 1 aromatic carbocycles. The van der Waals surface area contributed by atoms with Gasteiger partial charge in [-0.25, -0.2) is 9.79 Å². The van der Waals surface area contributed by atoms with Gasteiger partial charge in [0.25, 0.3) is 0 Å². The molecule has 0 aliphatic rings. The molecule has 0 unspecified atom stereocenters. The SMILES string of the molecule is COc1cc(Br)cc(OC)c1CN=C=O. The van der Waals surface area contributed by atoms with E-state index in [1.165, 1.54) is 6.08 Å². The molecule has 1 rings (SSSR count). The summed E-state index contributed by atoms with van der Waals surface area (Å²) in [6.45, 7) is 0.198. The first kappa shape index (κ1) is 11.8. The summed E-state index contributed by atoms with van der Waals surface area (Å²) in [5.74, 6) is 1.25. The lowest BCUT2D eigenvalue weighted by atomic mass is 10.2. The van der Waals surface area contributed by atoms with E-state index in [0.29, 0.717) is 11.5 Å². The van der Waals surface area contributed by atoms with Crippen LogP contribution in [0.15, 0.2) is 21.6 Å². The van der Waals surface area contributed by atoms with Crippen molar-refractivity contribution in [2.45, 2.75) is 6.54 Å². The van der Waals surface area contributed by atoms with E-state index in [0.717, 1.165) is 10.0 Å². The second-order valence-corrected chi connectivity index (χ2v) is 3.61. The maximum atomic E-state index is 10.1. The first-order valence-corrected chi connectivity index (χ1v) is 4.96. The maximum Gasteiger partial charge on any atom is 0.235 e. The lowest BCUT2D eigenvalue weighted by Crippen LogP contribution is -1.96. The van der Waals surface area contributed by atoms with E-state index in [-0.39, 0.29) is 6.54 Å². The number of rotatable bonds is 4. The van der Waals surface area contributed by atoms with Crippen molar-refractivity contribution in [3.05, 3.63) is 22.2 Å². The molecular formula is C10H10BrNO3. The van der Waals surface area contributed by atoms with Crippen molar-refractivity contribution < 1.29 is 14.3 Å². The van der Waals surface area contributed by atoms with Crippen LogP contribution in [-0.2, 0) is 11.3 Å². The molecule has 0 bridgehead atoms. The third kappa shape index (κ3) is 2.81. The largest absolute Gasteiger partial charge is 0.496 e. The van der Waals surface area contributed by atoms with Crippen LogP contribution in [0.4, 0.5) is 0 Å². The average Bonchev–Trinajstić information content (AvgIpc) is 2.26. The second-order valence-electron chi connectivity index (χ2n) is 2.70. The smallest absolute Gasteiger partial charge is 0.235 e. The van der Waals surface area contributed by atoms with E-state index in [1.807, 2.05) is 0 Å². The summed E-state index contributed by atoms with van der Waals surface area (Å²) in [5.41, 5.74) is 0.728. The summed E-state index contributed by atoms with van der Waals surface area (Å²) in [5, 5.41) is 0. The summed E-state index contributed by atoms with van der Waals surface area (Å²) in [6, 6.07) is 3.58. The van der Waals surface area contributed by atoms with Crippen LogP contribution < -0.4 is 9.47 Å². The van der Waals surface area contributed by atoms with Gasteiger partial charge in [0.15, 0.2) is 0 Å². The molecule has 5 heteroatoms. The first-order valence-electron chi connectivity index (χ1n) is 4.17. The summed E-state index contributed by atoms with van der Waals surface area (Å²) in [4.78, 5) is 13.6. The molecule has 0 amide bonds. The van der Waals surface area contributed by atoms with E-state index in [1.54, 1.807) is 26.4 Å². The Morgan fingerprint density at radius 1 is 1.33 bits per heavy atom. The monoisotopic (exact) mass is 271 g/mol. The zero-order valence-corrected chi connectivity index (χ0v) is 10.00. The number of isocyanates is 1. The Labute approximate surface area is 96.0 Å². The highest BCUT2D eigenvalue weighted by Crippen LogP contribution is 2.33. The predicted octanol–water partition coefficient (Wildman–Crippen LogP) is 2.30. The fraction of sp³-hybridized carbons (Fsp3) is 0.300. The summed E-state index contributed by atoms with van der Waals surface area (Å²) >= 11 is 3.33. The molecule has 0 aliphatic heterocycles. The summed E-state index contributed by atoms with van der Waals surface area (Å²) in [6.07, 6.45) is 1.49. The third-order valence-corrected chi connectivity index (χ3v) is 2.33. The standard InChI is InChI=1S/C10H10BrNO3/c1-14-9-3-7(11)4-10(15-2)8(9)5-12-6-13/h3-4H,5H2,1-2H3. The van der Waals surface area contributed by atoms with Crippen LogP contribution in [0.25, 0.3) is 0 Å². The minimum atomic E-state index is 0.198. The number of methoxy groups -OCH3 is 2. The summed E-state index contributed by atoms with van der Waals surface area (Å²) in [7, 11) is 3.10. The van der Waals surface area contributed by atoms with Gasteiger partial charge in [0.05, 0.1) is 26.3 Å². The Hall–Kier alpha value is -1.32. The Kier molecular flexibility index (Phi) is 4.34. The van der Waals surface area contributed by atoms with E-state index < -0.39 is 0 Å². The Morgan fingerprint density at radius 2 is 1.87 bits per heavy atom. The second kappa shape index (κ2) is 5.53. The van der Waals surface area contributed by atoms with Gasteiger partial charge in [0.2, 0.25) is 6.08 Å². The predicted molar refractivity (Wildman–Crippen MR) is 59.1 cm³/mol. The van der Waals surface area contributed by atoms with Crippen LogP contribution in [-0.4, -0.2) is 20.3 Å². The lowest BCUT2D eigenvalue weighted by molar-refractivity contribution is 0.385. The molecule has 0 radical (unpaired) electrons. The molecule has 1 aromatic rings. The van der Waals surface area contributed by atoms with Gasteiger partial charge in [-0.15, -0.1) is 0 Å². The van der Waals surface area contributed by atoms with Gasteiger partial charge in [0.1, 0.15) is 11.5 Å². The average molecular weight is 272 g/mol. The fourth-order valence-corrected chi connectivity index (χ4v) is 1.64. The number of halogens is 1. The van der Waals surface area contributed by atoms with Gasteiger partial charge in [-0.1, -0.05) is 15.9 Å². The van der Waals surface area contributed by atoms with Gasteiger partial charge in [-0.3, -0.25) is 0 Å². The molecule has 0 aromatic heterocycles. The number of ether oxygens (including phenoxy) is 2. The number of aliphatic imine (C=N–C) groups is 1. The van der Waals surface area contributed by atoms with Crippen molar-refractivity contribution in [3.8, 4) is 11.5 Å². The number of nitrogens with zero attached hydrogens (tertiary/aromatic N) is 1. The van der Waals surface area contributed by atoms with E-state index in [4.69, 9.17) is 9.47 Å². The molecule has 0 N–H and O–H groups in total. The summed E-state index contributed by atoms with van der Waals surface area (Å²) < 4.78 is 11.2. The molecule has 0 aliphatic carbocycles. The highest BCUT2D eigenvalue weighted by atomic mass is 79.9. The van der Waals surface area contributed by atoms with Gasteiger partial charge in [-0.05, 0) is 12.1 Å². The molecule has 0 heterocycles. The van der Waals surface area contributed by atoms with Crippen molar-refractivity contribution >= 4 is 22.0 Å². The molecule has 0 fully saturated rings. The van der Waals surface area contributed by atoms with Crippen molar-refractivity contribution in [2.75, 3.05) is 14.2 Å². The van der Waals surface area contributed by atoms with Gasteiger partial charge < -0.3 is 9.47 Å². The Morgan fingerprint density at radius 3 is 2.27 bits per heavy atom. The molecule has 0 saturated carbocycles. The topological polar surface area (TPSA) is 47.9 Å². The molecule has 0 spiro atoms. The maximum absolute atomic E-state index is 10.1. The third-order valence-electron chi connectivity index (χ3n) is 1.87. The van der Waals surface area contributed by atoms with E-state index in [9.17, 15) is 4.79 Å². The van der Waals surface area contributed by atoms with Crippen molar-refractivity contribution in [2.24, 2.45) is 4.99 Å². The van der Waals surface area contributed by atoms with Crippen LogP contribution in [0.5, 0.6) is 11.5 Å². The number of carbonyl (C=O) groups excluding carboxylic acids is 1. The van der Waals surface area contributed by atoms with E-state index in [2.05, 4.69) is 20.9 Å². The van der Waals surface area contributed by atoms with Crippen LogP contribution in [0.3, 0.4) is 0 Å². The van der Waals surface area contributed by atoms with Crippen molar-refractivity contribution in [1.82, 2.24) is 0 Å². The van der Waals surface area contributed by atoms with Crippen LogP contribution >= 0.6 is 15.9 Å². The fourth-order valence-electron chi connectivity index (χ4n) is 1.22. The van der Waals surface area contributed by atoms with Gasteiger partial charge >= 0.3 is 0 Å². The van der Waals surface area contributed by atoms with Crippen LogP contribution in [0, 0.1) is 0 Å². The molecule has 4 nitrogen and oxygen atoms in total. The number of benzene rings is 1. The lowest BCUT2D eigenvalue weighted by Gasteiger charge is -2.11. The van der Waals surface area contributed by atoms with Gasteiger partial charge in [0, 0.05) is 4.47 Å². The number of hydrogen-bond acceptors (Lipinski definition) is 4. The molecular weight excluding hydrogens is 262 g/mol. The van der Waals surface area contributed by atoms with Crippen LogP contribution in [0.2, 0.25) is 0 Å². The zero-order chi connectivity index (χ0) is 11.3. The minimum absolute atomic E-state index is 0.198. The van der Waals surface area contributed by atoms with E-state index >= 15 is 0 Å².